The molecule has 0 aliphatic rings. The van der Waals surface area contributed by atoms with Gasteiger partial charge in [-0.2, -0.15) is 4.31 Å². The Labute approximate surface area is 116 Å². The molecule has 0 heterocycles. The maximum atomic E-state index is 12.7. The Hall–Kier alpha value is -0.910. The molecule has 5 heteroatoms. The molecule has 1 aromatic rings. The Kier molecular flexibility index (Phi) is 5.97. The molecule has 0 amide bonds. The summed E-state index contributed by atoms with van der Waals surface area (Å²) in [6, 6.07) is 6.98. The molecule has 0 fully saturated rings. The van der Waals surface area contributed by atoms with E-state index in [1.165, 1.54) is 4.31 Å². The SMILES string of the molecule is CCC(CC)N(CCN)S(=O)(=O)c1ccc(C)cc1. The van der Waals surface area contributed by atoms with Crippen molar-refractivity contribution < 1.29 is 8.42 Å². The molecule has 1 aromatic carbocycles. The molecule has 108 valence electrons. The van der Waals surface area contributed by atoms with Crippen molar-refractivity contribution in [2.45, 2.75) is 44.6 Å². The largest absolute Gasteiger partial charge is 0.329 e. The highest BCUT2D eigenvalue weighted by molar-refractivity contribution is 7.89. The molecular weight excluding hydrogens is 260 g/mol. The molecule has 0 bridgehead atoms. The van der Waals surface area contributed by atoms with Crippen molar-refractivity contribution in [2.75, 3.05) is 13.1 Å². The van der Waals surface area contributed by atoms with Crippen LogP contribution in [0.4, 0.5) is 0 Å². The van der Waals surface area contributed by atoms with Gasteiger partial charge in [-0.3, -0.25) is 0 Å². The Morgan fingerprint density at radius 1 is 1.16 bits per heavy atom. The number of aryl methyl sites for hydroxylation is 1. The molecule has 19 heavy (non-hydrogen) atoms. The van der Waals surface area contributed by atoms with Crippen molar-refractivity contribution in [1.82, 2.24) is 4.31 Å². The number of nitrogens with two attached hydrogens (primary N) is 1. The van der Waals surface area contributed by atoms with Gasteiger partial charge in [0.05, 0.1) is 4.90 Å². The van der Waals surface area contributed by atoms with Crippen LogP contribution in [0, 0.1) is 6.92 Å². The van der Waals surface area contributed by atoms with E-state index in [4.69, 9.17) is 5.73 Å². The van der Waals surface area contributed by atoms with Crippen molar-refractivity contribution in [1.29, 1.82) is 0 Å². The molecule has 0 saturated heterocycles. The summed E-state index contributed by atoms with van der Waals surface area (Å²) in [5.74, 6) is 0. The molecule has 0 aliphatic heterocycles. The molecule has 0 saturated carbocycles. The van der Waals surface area contributed by atoms with E-state index >= 15 is 0 Å². The van der Waals surface area contributed by atoms with Crippen molar-refractivity contribution >= 4 is 10.0 Å². The lowest BCUT2D eigenvalue weighted by Crippen LogP contribution is -2.42. The van der Waals surface area contributed by atoms with Crippen LogP contribution in [0.3, 0.4) is 0 Å². The second kappa shape index (κ2) is 7.03. The van der Waals surface area contributed by atoms with Crippen LogP contribution in [0.15, 0.2) is 29.2 Å². The van der Waals surface area contributed by atoms with Gasteiger partial charge in [-0.1, -0.05) is 31.5 Å². The van der Waals surface area contributed by atoms with Gasteiger partial charge in [-0.25, -0.2) is 8.42 Å². The average Bonchev–Trinajstić information content (AvgIpc) is 2.39. The Morgan fingerprint density at radius 2 is 1.68 bits per heavy atom. The van der Waals surface area contributed by atoms with Crippen LogP contribution in [0.25, 0.3) is 0 Å². The molecule has 0 unspecified atom stereocenters. The number of hydrogen-bond acceptors (Lipinski definition) is 3. The fourth-order valence-corrected chi connectivity index (χ4v) is 3.96. The molecule has 0 atom stereocenters. The summed E-state index contributed by atoms with van der Waals surface area (Å²) in [6.45, 7) is 6.64. The van der Waals surface area contributed by atoms with E-state index in [0.29, 0.717) is 18.0 Å². The predicted molar refractivity (Wildman–Crippen MR) is 78.5 cm³/mol. The monoisotopic (exact) mass is 284 g/mol. The van der Waals surface area contributed by atoms with Crippen molar-refractivity contribution in [3.8, 4) is 0 Å². The Bertz CT molecular complexity index is 479. The first-order valence-electron chi connectivity index (χ1n) is 6.75. The van der Waals surface area contributed by atoms with Crippen LogP contribution in [0.2, 0.25) is 0 Å². The number of nitrogens with zero attached hydrogens (tertiary/aromatic N) is 1. The van der Waals surface area contributed by atoms with E-state index in [-0.39, 0.29) is 6.04 Å². The lowest BCUT2D eigenvalue weighted by Gasteiger charge is -2.29. The summed E-state index contributed by atoms with van der Waals surface area (Å²) in [7, 11) is -3.45. The number of hydrogen-bond donors (Lipinski definition) is 1. The first-order valence-corrected chi connectivity index (χ1v) is 8.19. The average molecular weight is 284 g/mol. The highest BCUT2D eigenvalue weighted by atomic mass is 32.2. The summed E-state index contributed by atoms with van der Waals surface area (Å²) in [4.78, 5) is 0.346. The molecular formula is C14H24N2O2S. The van der Waals surface area contributed by atoms with Gasteiger partial charge in [-0.15, -0.1) is 0 Å². The second-order valence-corrected chi connectivity index (χ2v) is 6.58. The highest BCUT2D eigenvalue weighted by Crippen LogP contribution is 2.21. The molecule has 4 nitrogen and oxygen atoms in total. The minimum atomic E-state index is -3.45. The lowest BCUT2D eigenvalue weighted by atomic mass is 10.2. The molecule has 0 aliphatic carbocycles. The zero-order chi connectivity index (χ0) is 14.5. The lowest BCUT2D eigenvalue weighted by molar-refractivity contribution is 0.309. The zero-order valence-electron chi connectivity index (χ0n) is 12.0. The molecule has 0 spiro atoms. The van der Waals surface area contributed by atoms with Gasteiger partial charge in [0.1, 0.15) is 0 Å². The van der Waals surface area contributed by atoms with E-state index in [0.717, 1.165) is 18.4 Å². The van der Waals surface area contributed by atoms with E-state index < -0.39 is 10.0 Å². The van der Waals surface area contributed by atoms with Crippen LogP contribution in [0.1, 0.15) is 32.3 Å². The normalized spacial score (nSPS) is 12.3. The second-order valence-electron chi connectivity index (χ2n) is 4.69. The Balaban J connectivity index is 3.15. The predicted octanol–water partition coefficient (Wildman–Crippen LogP) is 2.13. The number of sulfonamides is 1. The van der Waals surface area contributed by atoms with E-state index in [2.05, 4.69) is 0 Å². The van der Waals surface area contributed by atoms with Gasteiger partial charge in [0.25, 0.3) is 0 Å². The van der Waals surface area contributed by atoms with Gasteiger partial charge >= 0.3 is 0 Å². The Morgan fingerprint density at radius 3 is 2.11 bits per heavy atom. The first-order chi connectivity index (χ1) is 8.97. The summed E-state index contributed by atoms with van der Waals surface area (Å²) < 4.78 is 26.9. The third-order valence-electron chi connectivity index (χ3n) is 3.33. The summed E-state index contributed by atoms with van der Waals surface area (Å²) in [5, 5.41) is 0. The standard InChI is InChI=1S/C14H24N2O2S/c1-4-13(5-2)16(11-10-15)19(17,18)14-8-6-12(3)7-9-14/h6-9,13H,4-5,10-11,15H2,1-3H3. The molecule has 2 N–H and O–H groups in total. The van der Waals surface area contributed by atoms with Gasteiger partial charge < -0.3 is 5.73 Å². The summed E-state index contributed by atoms with van der Waals surface area (Å²) in [5.41, 5.74) is 6.62. The molecule has 0 radical (unpaired) electrons. The van der Waals surface area contributed by atoms with Gasteiger partial charge in [0, 0.05) is 19.1 Å². The van der Waals surface area contributed by atoms with E-state index in [9.17, 15) is 8.42 Å². The maximum Gasteiger partial charge on any atom is 0.243 e. The third-order valence-corrected chi connectivity index (χ3v) is 5.29. The van der Waals surface area contributed by atoms with Crippen molar-refractivity contribution in [2.24, 2.45) is 5.73 Å². The van der Waals surface area contributed by atoms with Crippen LogP contribution < -0.4 is 5.73 Å². The number of benzene rings is 1. The third kappa shape index (κ3) is 3.78. The smallest absolute Gasteiger partial charge is 0.243 e. The fourth-order valence-electron chi connectivity index (χ4n) is 2.17. The van der Waals surface area contributed by atoms with Crippen LogP contribution in [-0.2, 0) is 10.0 Å². The van der Waals surface area contributed by atoms with Crippen LogP contribution >= 0.6 is 0 Å². The van der Waals surface area contributed by atoms with Crippen molar-refractivity contribution in [3.63, 3.8) is 0 Å². The van der Waals surface area contributed by atoms with Gasteiger partial charge in [0.2, 0.25) is 10.0 Å². The van der Waals surface area contributed by atoms with Gasteiger partial charge in [-0.05, 0) is 31.9 Å². The molecule has 1 rings (SSSR count). The van der Waals surface area contributed by atoms with Crippen molar-refractivity contribution in [3.05, 3.63) is 29.8 Å². The zero-order valence-corrected chi connectivity index (χ0v) is 12.8. The van der Waals surface area contributed by atoms with Gasteiger partial charge in [0.15, 0.2) is 0 Å². The first kappa shape index (κ1) is 16.1. The highest BCUT2D eigenvalue weighted by Gasteiger charge is 2.28. The molecule has 0 aromatic heterocycles. The van der Waals surface area contributed by atoms with Crippen LogP contribution in [-0.4, -0.2) is 31.9 Å². The quantitative estimate of drug-likeness (QED) is 0.834. The fraction of sp³-hybridized carbons (Fsp3) is 0.571. The minimum absolute atomic E-state index is 0.00912. The summed E-state index contributed by atoms with van der Waals surface area (Å²) in [6.07, 6.45) is 1.59. The topological polar surface area (TPSA) is 63.4 Å². The number of rotatable bonds is 7. The van der Waals surface area contributed by atoms with E-state index in [1.54, 1.807) is 12.1 Å². The minimum Gasteiger partial charge on any atom is -0.329 e. The maximum absolute atomic E-state index is 12.7. The summed E-state index contributed by atoms with van der Waals surface area (Å²) >= 11 is 0. The van der Waals surface area contributed by atoms with Crippen LogP contribution in [0.5, 0.6) is 0 Å². The van der Waals surface area contributed by atoms with E-state index in [1.807, 2.05) is 32.9 Å².